The Morgan fingerprint density at radius 3 is 2.33 bits per heavy atom. The standard InChI is InChI=1S/C26H29ClN2O4/c27-21-7-4-18(5-8-21)25(30)28-13-10-19(11-14-28)26(31)29-12-1-3-22(29)20-6-9-23-24(17-20)33-16-2-15-32-23/h4-9,17,19,22H,1-3,10-16H2/t22-/m0/s1. The molecule has 3 aliphatic heterocycles. The van der Waals surface area contributed by atoms with E-state index in [1.807, 2.05) is 21.9 Å². The zero-order chi connectivity index (χ0) is 22.8. The summed E-state index contributed by atoms with van der Waals surface area (Å²) in [6.07, 6.45) is 4.22. The van der Waals surface area contributed by atoms with Crippen molar-refractivity contribution in [3.63, 3.8) is 0 Å². The van der Waals surface area contributed by atoms with Gasteiger partial charge in [-0.1, -0.05) is 17.7 Å². The van der Waals surface area contributed by atoms with Gasteiger partial charge >= 0.3 is 0 Å². The molecule has 2 aromatic rings. The molecule has 0 bridgehead atoms. The van der Waals surface area contributed by atoms with E-state index in [1.54, 1.807) is 24.3 Å². The molecule has 0 radical (unpaired) electrons. The van der Waals surface area contributed by atoms with E-state index in [9.17, 15) is 9.59 Å². The fourth-order valence-corrected chi connectivity index (χ4v) is 5.23. The van der Waals surface area contributed by atoms with Crippen LogP contribution < -0.4 is 9.47 Å². The van der Waals surface area contributed by atoms with Gasteiger partial charge in [0.2, 0.25) is 5.91 Å². The lowest BCUT2D eigenvalue weighted by Crippen LogP contribution is -2.44. The van der Waals surface area contributed by atoms with Gasteiger partial charge in [-0.15, -0.1) is 0 Å². The molecule has 2 saturated heterocycles. The van der Waals surface area contributed by atoms with E-state index in [2.05, 4.69) is 6.07 Å². The van der Waals surface area contributed by atoms with Crippen LogP contribution in [-0.4, -0.2) is 54.5 Å². The fraction of sp³-hybridized carbons (Fsp3) is 0.462. The van der Waals surface area contributed by atoms with Gasteiger partial charge in [-0.25, -0.2) is 0 Å². The largest absolute Gasteiger partial charge is 0.490 e. The summed E-state index contributed by atoms with van der Waals surface area (Å²) in [7, 11) is 0. The van der Waals surface area contributed by atoms with Crippen LogP contribution in [0.2, 0.25) is 5.02 Å². The molecule has 3 aliphatic rings. The molecule has 6 nitrogen and oxygen atoms in total. The first-order chi connectivity index (χ1) is 16.1. The highest BCUT2D eigenvalue weighted by Crippen LogP contribution is 2.39. The SMILES string of the molecule is O=C(c1ccc(Cl)cc1)N1CCC(C(=O)N2CCC[C@H]2c2ccc3c(c2)OCCCO3)CC1. The Kier molecular flexibility index (Phi) is 6.45. The molecule has 0 N–H and O–H groups in total. The predicted octanol–water partition coefficient (Wildman–Crippen LogP) is 4.72. The van der Waals surface area contributed by atoms with Crippen molar-refractivity contribution in [3.8, 4) is 11.5 Å². The summed E-state index contributed by atoms with van der Waals surface area (Å²) in [6.45, 7) is 3.29. The van der Waals surface area contributed by atoms with Crippen LogP contribution >= 0.6 is 11.6 Å². The monoisotopic (exact) mass is 468 g/mol. The molecule has 3 heterocycles. The number of fused-ring (bicyclic) bond motifs is 1. The Bertz CT molecular complexity index is 1020. The van der Waals surface area contributed by atoms with Crippen molar-refractivity contribution < 1.29 is 19.1 Å². The zero-order valence-electron chi connectivity index (χ0n) is 18.7. The average Bonchev–Trinajstić information content (AvgIpc) is 3.22. The Morgan fingerprint density at radius 2 is 1.58 bits per heavy atom. The van der Waals surface area contributed by atoms with Crippen molar-refractivity contribution in [2.24, 2.45) is 5.92 Å². The van der Waals surface area contributed by atoms with E-state index in [0.29, 0.717) is 49.7 Å². The lowest BCUT2D eigenvalue weighted by atomic mass is 9.93. The van der Waals surface area contributed by atoms with Crippen LogP contribution in [0.1, 0.15) is 54.1 Å². The average molecular weight is 469 g/mol. The minimum Gasteiger partial charge on any atom is -0.490 e. The van der Waals surface area contributed by atoms with E-state index in [-0.39, 0.29) is 23.8 Å². The highest BCUT2D eigenvalue weighted by Gasteiger charge is 2.36. The normalized spacial score (nSPS) is 21.1. The third kappa shape index (κ3) is 4.67. The van der Waals surface area contributed by atoms with Crippen LogP contribution in [-0.2, 0) is 4.79 Å². The van der Waals surface area contributed by atoms with Crippen molar-refractivity contribution >= 4 is 23.4 Å². The number of halogens is 1. The molecule has 2 fully saturated rings. The number of ether oxygens (including phenoxy) is 2. The number of rotatable bonds is 3. The second-order valence-electron chi connectivity index (χ2n) is 9.02. The van der Waals surface area contributed by atoms with Gasteiger partial charge in [-0.05, 0) is 67.6 Å². The van der Waals surface area contributed by atoms with Crippen molar-refractivity contribution in [2.45, 2.75) is 38.1 Å². The Morgan fingerprint density at radius 1 is 0.848 bits per heavy atom. The quantitative estimate of drug-likeness (QED) is 0.654. The zero-order valence-corrected chi connectivity index (χ0v) is 19.4. The van der Waals surface area contributed by atoms with E-state index < -0.39 is 0 Å². The number of benzene rings is 2. The topological polar surface area (TPSA) is 59.1 Å². The highest BCUT2D eigenvalue weighted by molar-refractivity contribution is 6.30. The molecule has 174 valence electrons. The first-order valence-electron chi connectivity index (χ1n) is 11.8. The molecule has 0 aliphatic carbocycles. The predicted molar refractivity (Wildman–Crippen MR) is 126 cm³/mol. The first kappa shape index (κ1) is 22.1. The minimum absolute atomic E-state index is 0.00353. The fourth-order valence-electron chi connectivity index (χ4n) is 5.10. The van der Waals surface area contributed by atoms with Gasteiger partial charge in [0.25, 0.3) is 5.91 Å². The number of carbonyl (C=O) groups excluding carboxylic acids is 2. The molecule has 2 aromatic carbocycles. The minimum atomic E-state index is -0.0414. The number of carbonyl (C=O) groups is 2. The second kappa shape index (κ2) is 9.64. The maximum absolute atomic E-state index is 13.5. The van der Waals surface area contributed by atoms with Gasteiger partial charge in [-0.3, -0.25) is 9.59 Å². The van der Waals surface area contributed by atoms with Crippen LogP contribution in [0.25, 0.3) is 0 Å². The number of piperidine rings is 1. The first-order valence-corrected chi connectivity index (χ1v) is 12.2. The number of hydrogen-bond acceptors (Lipinski definition) is 4. The summed E-state index contributed by atoms with van der Waals surface area (Å²) in [6, 6.07) is 13.1. The number of hydrogen-bond donors (Lipinski definition) is 0. The molecule has 0 saturated carbocycles. The van der Waals surface area contributed by atoms with E-state index >= 15 is 0 Å². The summed E-state index contributed by atoms with van der Waals surface area (Å²) in [5, 5.41) is 0.615. The van der Waals surface area contributed by atoms with E-state index in [1.165, 1.54) is 0 Å². The van der Waals surface area contributed by atoms with Crippen LogP contribution in [0.15, 0.2) is 42.5 Å². The van der Waals surface area contributed by atoms with Crippen molar-refractivity contribution in [3.05, 3.63) is 58.6 Å². The Hall–Kier alpha value is -2.73. The molecule has 33 heavy (non-hydrogen) atoms. The van der Waals surface area contributed by atoms with Gasteiger partial charge in [-0.2, -0.15) is 0 Å². The number of nitrogens with zero attached hydrogens (tertiary/aromatic N) is 2. The number of amides is 2. The summed E-state index contributed by atoms with van der Waals surface area (Å²) in [5.41, 5.74) is 1.75. The molecule has 7 heteroatoms. The third-order valence-corrected chi connectivity index (χ3v) is 7.17. The molecule has 0 unspecified atom stereocenters. The van der Waals surface area contributed by atoms with Gasteiger partial charge in [0.1, 0.15) is 0 Å². The highest BCUT2D eigenvalue weighted by atomic mass is 35.5. The Balaban J connectivity index is 1.23. The molecule has 0 aromatic heterocycles. The van der Waals surface area contributed by atoms with E-state index in [4.69, 9.17) is 21.1 Å². The number of likely N-dealkylation sites (tertiary alicyclic amines) is 2. The van der Waals surface area contributed by atoms with Crippen LogP contribution in [0.4, 0.5) is 0 Å². The molecule has 2 amide bonds. The molecule has 5 rings (SSSR count). The van der Waals surface area contributed by atoms with Crippen LogP contribution in [0.5, 0.6) is 11.5 Å². The van der Waals surface area contributed by atoms with Crippen LogP contribution in [0.3, 0.4) is 0 Å². The summed E-state index contributed by atoms with van der Waals surface area (Å²) in [5.74, 6) is 1.73. The molecule has 1 atom stereocenters. The van der Waals surface area contributed by atoms with Gasteiger partial charge in [0.05, 0.1) is 19.3 Å². The summed E-state index contributed by atoms with van der Waals surface area (Å²) >= 11 is 5.94. The maximum atomic E-state index is 13.5. The van der Waals surface area contributed by atoms with Gasteiger partial charge in [0.15, 0.2) is 11.5 Å². The van der Waals surface area contributed by atoms with E-state index in [0.717, 1.165) is 42.9 Å². The van der Waals surface area contributed by atoms with Crippen molar-refractivity contribution in [1.82, 2.24) is 9.80 Å². The smallest absolute Gasteiger partial charge is 0.253 e. The van der Waals surface area contributed by atoms with Crippen molar-refractivity contribution in [1.29, 1.82) is 0 Å². The molecular weight excluding hydrogens is 440 g/mol. The van der Waals surface area contributed by atoms with Crippen molar-refractivity contribution in [2.75, 3.05) is 32.8 Å². The Labute approximate surface area is 199 Å². The lowest BCUT2D eigenvalue weighted by Gasteiger charge is -2.35. The maximum Gasteiger partial charge on any atom is 0.253 e. The molecule has 0 spiro atoms. The lowest BCUT2D eigenvalue weighted by molar-refractivity contribution is -0.137. The third-order valence-electron chi connectivity index (χ3n) is 6.91. The summed E-state index contributed by atoms with van der Waals surface area (Å²) in [4.78, 5) is 30.1. The van der Waals surface area contributed by atoms with Gasteiger partial charge < -0.3 is 19.3 Å². The van der Waals surface area contributed by atoms with Crippen LogP contribution in [0, 0.1) is 5.92 Å². The summed E-state index contributed by atoms with van der Waals surface area (Å²) < 4.78 is 11.6. The second-order valence-corrected chi connectivity index (χ2v) is 9.46. The molecular formula is C26H29ClN2O4. The van der Waals surface area contributed by atoms with Gasteiger partial charge in [0, 0.05) is 42.6 Å².